The van der Waals surface area contributed by atoms with E-state index in [1.165, 1.54) is 5.56 Å². The van der Waals surface area contributed by atoms with E-state index in [0.717, 1.165) is 17.7 Å². The van der Waals surface area contributed by atoms with Crippen molar-refractivity contribution in [1.29, 1.82) is 0 Å². The molecular weight excluding hydrogens is 372 g/mol. The molecule has 0 aliphatic heterocycles. The summed E-state index contributed by atoms with van der Waals surface area (Å²) in [6.45, 7) is 8.49. The normalized spacial score (nSPS) is 11.7. The van der Waals surface area contributed by atoms with Crippen LogP contribution in [0.15, 0.2) is 60.8 Å². The van der Waals surface area contributed by atoms with Gasteiger partial charge in [0, 0.05) is 24.8 Å². The van der Waals surface area contributed by atoms with Crippen LogP contribution in [-0.2, 0) is 6.54 Å². The molecule has 0 radical (unpaired) electrons. The maximum Gasteiger partial charge on any atom is 0.255 e. The number of hydrogen-bond acceptors (Lipinski definition) is 3. The van der Waals surface area contributed by atoms with Gasteiger partial charge in [-0.25, -0.2) is 0 Å². The van der Waals surface area contributed by atoms with E-state index in [0.29, 0.717) is 24.3 Å². The zero-order valence-corrected chi connectivity index (χ0v) is 18.6. The van der Waals surface area contributed by atoms with Gasteiger partial charge in [0.15, 0.2) is 0 Å². The van der Waals surface area contributed by atoms with E-state index >= 15 is 0 Å². The summed E-state index contributed by atoms with van der Waals surface area (Å²) in [4.78, 5) is 15.3. The third kappa shape index (κ3) is 5.80. The van der Waals surface area contributed by atoms with E-state index < -0.39 is 0 Å². The zero-order chi connectivity index (χ0) is 21.7. The Morgan fingerprint density at radius 2 is 1.73 bits per heavy atom. The molecule has 0 fully saturated rings. The lowest BCUT2D eigenvalue weighted by Crippen LogP contribution is -2.40. The maximum absolute atomic E-state index is 13.1. The number of rotatable bonds is 8. The first-order chi connectivity index (χ1) is 14.2. The Hall–Kier alpha value is -2.92. The molecule has 30 heavy (non-hydrogen) atoms. The molecule has 0 spiro atoms. The van der Waals surface area contributed by atoms with Crippen LogP contribution in [0.5, 0.6) is 0 Å². The SMILES string of the molecule is Cc1ccc(-c2nn(Cc3ccccc3)cc2C(=O)NCC(C)(C)CN(C)C)cc1. The number of aryl methyl sites for hydroxylation is 1. The Kier molecular flexibility index (Phi) is 6.73. The fraction of sp³-hybridized carbons (Fsp3) is 0.360. The molecule has 0 saturated heterocycles. The van der Waals surface area contributed by atoms with Gasteiger partial charge < -0.3 is 10.2 Å². The standard InChI is InChI=1S/C25H32N4O/c1-19-11-13-21(14-12-19)23-22(24(30)26-17-25(2,3)18-28(4)5)16-29(27-23)15-20-9-7-6-8-10-20/h6-14,16H,15,17-18H2,1-5H3,(H,26,30). The quantitative estimate of drug-likeness (QED) is 0.611. The van der Waals surface area contributed by atoms with Gasteiger partial charge in [0.25, 0.3) is 5.91 Å². The van der Waals surface area contributed by atoms with Crippen LogP contribution in [0.2, 0.25) is 0 Å². The average Bonchev–Trinajstić information content (AvgIpc) is 3.10. The largest absolute Gasteiger partial charge is 0.351 e. The van der Waals surface area contributed by atoms with Crippen LogP contribution < -0.4 is 5.32 Å². The molecule has 1 N–H and O–H groups in total. The molecule has 3 aromatic rings. The van der Waals surface area contributed by atoms with Crippen LogP contribution in [0.4, 0.5) is 0 Å². The van der Waals surface area contributed by atoms with Gasteiger partial charge in [-0.05, 0) is 32.0 Å². The third-order valence-corrected chi connectivity index (χ3v) is 4.99. The summed E-state index contributed by atoms with van der Waals surface area (Å²) in [5.41, 5.74) is 4.58. The number of aromatic nitrogens is 2. The highest BCUT2D eigenvalue weighted by atomic mass is 16.1. The molecule has 0 bridgehead atoms. The van der Waals surface area contributed by atoms with Crippen molar-refractivity contribution < 1.29 is 4.79 Å². The molecule has 0 aliphatic carbocycles. The van der Waals surface area contributed by atoms with Crippen molar-refractivity contribution in [3.05, 3.63) is 77.5 Å². The van der Waals surface area contributed by atoms with Gasteiger partial charge in [-0.3, -0.25) is 9.48 Å². The highest BCUT2D eigenvalue weighted by Gasteiger charge is 2.23. The fourth-order valence-corrected chi connectivity index (χ4v) is 3.69. The number of carbonyl (C=O) groups is 1. The number of nitrogens with one attached hydrogen (secondary N) is 1. The number of nitrogens with zero attached hydrogens (tertiary/aromatic N) is 3. The van der Waals surface area contributed by atoms with Crippen molar-refractivity contribution in [3.63, 3.8) is 0 Å². The molecule has 3 rings (SSSR count). The predicted molar refractivity (Wildman–Crippen MR) is 123 cm³/mol. The van der Waals surface area contributed by atoms with Crippen LogP contribution in [0.1, 0.15) is 35.3 Å². The van der Waals surface area contributed by atoms with Gasteiger partial charge >= 0.3 is 0 Å². The van der Waals surface area contributed by atoms with Crippen molar-refractivity contribution in [3.8, 4) is 11.3 Å². The second-order valence-corrected chi connectivity index (χ2v) is 9.03. The smallest absolute Gasteiger partial charge is 0.255 e. The average molecular weight is 405 g/mol. The zero-order valence-electron chi connectivity index (χ0n) is 18.6. The van der Waals surface area contributed by atoms with Crippen molar-refractivity contribution in [2.75, 3.05) is 27.2 Å². The first-order valence-corrected chi connectivity index (χ1v) is 10.3. The Morgan fingerprint density at radius 1 is 1.07 bits per heavy atom. The molecular formula is C25H32N4O. The highest BCUT2D eigenvalue weighted by Crippen LogP contribution is 2.24. The van der Waals surface area contributed by atoms with Gasteiger partial charge in [0.1, 0.15) is 5.69 Å². The lowest BCUT2D eigenvalue weighted by molar-refractivity contribution is 0.0929. The summed E-state index contributed by atoms with van der Waals surface area (Å²) in [7, 11) is 4.10. The number of hydrogen-bond donors (Lipinski definition) is 1. The minimum absolute atomic E-state index is 0.0246. The van der Waals surface area contributed by atoms with Gasteiger partial charge in [0.05, 0.1) is 12.1 Å². The van der Waals surface area contributed by atoms with Gasteiger partial charge in [-0.15, -0.1) is 0 Å². The van der Waals surface area contributed by atoms with Crippen LogP contribution in [0.3, 0.4) is 0 Å². The minimum atomic E-state index is -0.0864. The van der Waals surface area contributed by atoms with Crippen molar-refractivity contribution >= 4 is 5.91 Å². The molecule has 0 aliphatic rings. The van der Waals surface area contributed by atoms with E-state index in [2.05, 4.69) is 43.1 Å². The van der Waals surface area contributed by atoms with Crippen LogP contribution in [0, 0.1) is 12.3 Å². The maximum atomic E-state index is 13.1. The molecule has 0 atom stereocenters. The van der Waals surface area contributed by atoms with Gasteiger partial charge in [-0.1, -0.05) is 74.0 Å². The van der Waals surface area contributed by atoms with E-state index in [4.69, 9.17) is 5.10 Å². The molecule has 1 amide bonds. The number of carbonyl (C=O) groups excluding carboxylic acids is 1. The van der Waals surface area contributed by atoms with Crippen LogP contribution >= 0.6 is 0 Å². The third-order valence-electron chi connectivity index (χ3n) is 4.99. The minimum Gasteiger partial charge on any atom is -0.351 e. The topological polar surface area (TPSA) is 50.2 Å². The first-order valence-electron chi connectivity index (χ1n) is 10.3. The summed E-state index contributed by atoms with van der Waals surface area (Å²) in [5, 5.41) is 7.89. The molecule has 0 unspecified atom stereocenters. The molecule has 1 heterocycles. The molecule has 158 valence electrons. The summed E-state index contributed by atoms with van der Waals surface area (Å²) < 4.78 is 1.85. The van der Waals surface area contributed by atoms with E-state index in [-0.39, 0.29) is 11.3 Å². The number of benzene rings is 2. The number of amides is 1. The Balaban J connectivity index is 1.87. The molecule has 2 aromatic carbocycles. The van der Waals surface area contributed by atoms with Gasteiger partial charge in [-0.2, -0.15) is 5.10 Å². The van der Waals surface area contributed by atoms with Crippen LogP contribution in [-0.4, -0.2) is 47.8 Å². The second-order valence-electron chi connectivity index (χ2n) is 9.03. The van der Waals surface area contributed by atoms with E-state index in [9.17, 15) is 4.79 Å². The predicted octanol–water partition coefficient (Wildman–Crippen LogP) is 4.22. The Bertz CT molecular complexity index is 972. The molecule has 5 nitrogen and oxygen atoms in total. The summed E-state index contributed by atoms with van der Waals surface area (Å²) in [6.07, 6.45) is 1.86. The van der Waals surface area contributed by atoms with Crippen molar-refractivity contribution in [2.45, 2.75) is 27.3 Å². The fourth-order valence-electron chi connectivity index (χ4n) is 3.69. The van der Waals surface area contributed by atoms with Gasteiger partial charge in [0.2, 0.25) is 0 Å². The molecule has 5 heteroatoms. The second kappa shape index (κ2) is 9.26. The Labute approximate surface area is 179 Å². The monoisotopic (exact) mass is 404 g/mol. The van der Waals surface area contributed by atoms with Crippen molar-refractivity contribution in [1.82, 2.24) is 20.0 Å². The van der Waals surface area contributed by atoms with E-state index in [1.807, 2.05) is 67.4 Å². The summed E-state index contributed by atoms with van der Waals surface area (Å²) in [6, 6.07) is 18.3. The van der Waals surface area contributed by atoms with Crippen molar-refractivity contribution in [2.24, 2.45) is 5.41 Å². The lowest BCUT2D eigenvalue weighted by Gasteiger charge is -2.28. The lowest BCUT2D eigenvalue weighted by atomic mass is 9.93. The van der Waals surface area contributed by atoms with Crippen LogP contribution in [0.25, 0.3) is 11.3 Å². The Morgan fingerprint density at radius 3 is 2.37 bits per heavy atom. The molecule has 1 aromatic heterocycles. The first kappa shape index (κ1) is 21.8. The summed E-state index contributed by atoms with van der Waals surface area (Å²) in [5.74, 6) is -0.0864. The van der Waals surface area contributed by atoms with E-state index in [1.54, 1.807) is 0 Å². The highest BCUT2D eigenvalue weighted by molar-refractivity contribution is 5.99. The molecule has 0 saturated carbocycles. The summed E-state index contributed by atoms with van der Waals surface area (Å²) >= 11 is 0.